The number of hydrogen-bond acceptors (Lipinski definition) is 5. The summed E-state index contributed by atoms with van der Waals surface area (Å²) in [4.78, 5) is 36.8. The Labute approximate surface area is 157 Å². The lowest BCUT2D eigenvalue weighted by Gasteiger charge is -2.24. The maximum Gasteiger partial charge on any atom is 0.329 e. The van der Waals surface area contributed by atoms with Crippen molar-refractivity contribution < 1.29 is 23.9 Å². The Morgan fingerprint density at radius 1 is 0.926 bits per heavy atom. The Balaban J connectivity index is 1.67. The van der Waals surface area contributed by atoms with Gasteiger partial charge in [-0.15, -0.1) is 0 Å². The number of imide groups is 1. The largest absolute Gasteiger partial charge is 0.489 e. The van der Waals surface area contributed by atoms with Crippen molar-refractivity contribution in [1.82, 2.24) is 4.90 Å². The van der Waals surface area contributed by atoms with Gasteiger partial charge >= 0.3 is 5.97 Å². The molecule has 3 rings (SSSR count). The number of carbonyl (C=O) groups excluding carboxylic acids is 3. The van der Waals surface area contributed by atoms with Crippen LogP contribution < -0.4 is 4.74 Å². The van der Waals surface area contributed by atoms with E-state index in [1.807, 2.05) is 30.3 Å². The Morgan fingerprint density at radius 2 is 1.56 bits per heavy atom. The lowest BCUT2D eigenvalue weighted by molar-refractivity contribution is -0.155. The van der Waals surface area contributed by atoms with Gasteiger partial charge in [-0.3, -0.25) is 14.5 Å². The van der Waals surface area contributed by atoms with E-state index in [-0.39, 0.29) is 6.42 Å². The van der Waals surface area contributed by atoms with Crippen molar-refractivity contribution in [2.75, 3.05) is 7.11 Å². The number of nitrogens with zero attached hydrogens (tertiary/aromatic N) is 1. The maximum atomic E-state index is 12.1. The molecular weight excluding hydrogens is 346 g/mol. The van der Waals surface area contributed by atoms with Gasteiger partial charge in [0.2, 0.25) is 0 Å². The van der Waals surface area contributed by atoms with E-state index in [0.29, 0.717) is 12.4 Å². The highest BCUT2D eigenvalue weighted by atomic mass is 16.5. The fourth-order valence-electron chi connectivity index (χ4n) is 2.82. The molecule has 6 heteroatoms. The van der Waals surface area contributed by atoms with E-state index >= 15 is 0 Å². The molecule has 0 N–H and O–H groups in total. The summed E-state index contributed by atoms with van der Waals surface area (Å²) < 4.78 is 10.5. The Bertz CT molecular complexity index is 840. The number of carbonyl (C=O) groups is 3. The molecule has 0 aliphatic carbocycles. The molecule has 27 heavy (non-hydrogen) atoms. The second-order valence-corrected chi connectivity index (χ2v) is 6.04. The molecule has 0 unspecified atom stereocenters. The van der Waals surface area contributed by atoms with Crippen LogP contribution in [0.3, 0.4) is 0 Å². The van der Waals surface area contributed by atoms with Gasteiger partial charge in [-0.1, -0.05) is 42.5 Å². The summed E-state index contributed by atoms with van der Waals surface area (Å²) in [6.45, 7) is 0.452. The number of ether oxygens (including phenoxy) is 2. The molecule has 2 aromatic carbocycles. The maximum absolute atomic E-state index is 12.1. The van der Waals surface area contributed by atoms with E-state index < -0.39 is 23.8 Å². The molecule has 0 saturated carbocycles. The molecule has 0 radical (unpaired) electrons. The molecule has 0 aromatic heterocycles. The van der Waals surface area contributed by atoms with E-state index in [9.17, 15) is 14.4 Å². The van der Waals surface area contributed by atoms with Crippen molar-refractivity contribution in [2.24, 2.45) is 0 Å². The molecule has 0 fully saturated rings. The minimum atomic E-state index is -0.999. The van der Waals surface area contributed by atoms with Gasteiger partial charge in [0.05, 0.1) is 7.11 Å². The second-order valence-electron chi connectivity index (χ2n) is 6.04. The van der Waals surface area contributed by atoms with Crippen LogP contribution in [0.2, 0.25) is 0 Å². The molecule has 1 heterocycles. The minimum absolute atomic E-state index is 0.171. The standard InChI is InChI=1S/C21H19NO5/c1-26-21(25)18(22-19(23)11-12-20(22)24)13-15-7-9-17(10-8-15)27-14-16-5-3-2-4-6-16/h2-12,18H,13-14H2,1H3/t18-/m0/s1. The molecule has 2 amide bonds. The molecule has 0 spiro atoms. The van der Waals surface area contributed by atoms with Crippen molar-refractivity contribution in [2.45, 2.75) is 19.1 Å². The van der Waals surface area contributed by atoms with Crippen LogP contribution in [-0.4, -0.2) is 35.8 Å². The monoisotopic (exact) mass is 365 g/mol. The number of hydrogen-bond donors (Lipinski definition) is 0. The predicted octanol–water partition coefficient (Wildman–Crippen LogP) is 2.27. The Hall–Kier alpha value is -3.41. The first-order valence-corrected chi connectivity index (χ1v) is 8.47. The van der Waals surface area contributed by atoms with Crippen LogP contribution in [0.4, 0.5) is 0 Å². The van der Waals surface area contributed by atoms with Crippen LogP contribution in [0.5, 0.6) is 5.75 Å². The zero-order valence-corrected chi connectivity index (χ0v) is 14.8. The molecule has 0 bridgehead atoms. The fourth-order valence-corrected chi connectivity index (χ4v) is 2.82. The van der Waals surface area contributed by atoms with Crippen molar-refractivity contribution in [1.29, 1.82) is 0 Å². The van der Waals surface area contributed by atoms with E-state index in [4.69, 9.17) is 9.47 Å². The molecular formula is C21H19NO5. The van der Waals surface area contributed by atoms with Gasteiger partial charge in [-0.25, -0.2) is 4.79 Å². The molecule has 138 valence electrons. The van der Waals surface area contributed by atoms with E-state index in [2.05, 4.69) is 0 Å². The zero-order chi connectivity index (χ0) is 19.2. The zero-order valence-electron chi connectivity index (χ0n) is 14.8. The van der Waals surface area contributed by atoms with Gasteiger partial charge in [0.1, 0.15) is 18.4 Å². The summed E-state index contributed by atoms with van der Waals surface area (Å²) in [7, 11) is 1.23. The van der Waals surface area contributed by atoms with Crippen LogP contribution in [0.25, 0.3) is 0 Å². The number of benzene rings is 2. The van der Waals surface area contributed by atoms with Crippen LogP contribution in [0.1, 0.15) is 11.1 Å². The van der Waals surface area contributed by atoms with E-state index in [1.54, 1.807) is 24.3 Å². The Morgan fingerprint density at radius 3 is 2.15 bits per heavy atom. The number of methoxy groups -OCH3 is 1. The normalized spacial score (nSPS) is 14.3. The first-order chi connectivity index (χ1) is 13.1. The third kappa shape index (κ3) is 4.41. The highest BCUT2D eigenvalue weighted by Gasteiger charge is 2.36. The molecule has 1 aliphatic heterocycles. The van der Waals surface area contributed by atoms with E-state index in [0.717, 1.165) is 28.2 Å². The minimum Gasteiger partial charge on any atom is -0.489 e. The van der Waals surface area contributed by atoms with Crippen LogP contribution in [0.15, 0.2) is 66.7 Å². The number of amides is 2. The highest BCUT2D eigenvalue weighted by molar-refractivity contribution is 6.14. The third-order valence-electron chi connectivity index (χ3n) is 4.23. The molecule has 1 aliphatic rings. The predicted molar refractivity (Wildman–Crippen MR) is 97.7 cm³/mol. The van der Waals surface area contributed by atoms with Crippen molar-refractivity contribution in [3.63, 3.8) is 0 Å². The summed E-state index contributed by atoms with van der Waals surface area (Å²) in [6, 6.07) is 16.0. The lowest BCUT2D eigenvalue weighted by Crippen LogP contribution is -2.46. The molecule has 0 saturated heterocycles. The van der Waals surface area contributed by atoms with Crippen molar-refractivity contribution in [3.8, 4) is 5.75 Å². The van der Waals surface area contributed by atoms with Gasteiger partial charge in [0.15, 0.2) is 0 Å². The van der Waals surface area contributed by atoms with Gasteiger partial charge in [0.25, 0.3) is 11.8 Å². The smallest absolute Gasteiger partial charge is 0.329 e. The average molecular weight is 365 g/mol. The summed E-state index contributed by atoms with van der Waals surface area (Å²) >= 11 is 0. The van der Waals surface area contributed by atoms with Crippen LogP contribution in [-0.2, 0) is 32.1 Å². The quantitative estimate of drug-likeness (QED) is 0.556. The fraction of sp³-hybridized carbons (Fsp3) is 0.190. The summed E-state index contributed by atoms with van der Waals surface area (Å²) in [5.74, 6) is -0.978. The molecule has 2 aromatic rings. The SMILES string of the molecule is COC(=O)[C@H](Cc1ccc(OCc2ccccc2)cc1)N1C(=O)C=CC1=O. The van der Waals surface area contributed by atoms with Gasteiger partial charge in [0, 0.05) is 18.6 Å². The average Bonchev–Trinajstić information content (AvgIpc) is 3.04. The first-order valence-electron chi connectivity index (χ1n) is 8.47. The lowest BCUT2D eigenvalue weighted by atomic mass is 10.0. The number of esters is 1. The van der Waals surface area contributed by atoms with Crippen molar-refractivity contribution in [3.05, 3.63) is 77.9 Å². The van der Waals surface area contributed by atoms with Crippen molar-refractivity contribution >= 4 is 17.8 Å². The summed E-state index contributed by atoms with van der Waals surface area (Å²) in [5, 5.41) is 0. The second kappa shape index (κ2) is 8.31. The van der Waals surface area contributed by atoms with Crippen LogP contribution in [0, 0.1) is 0 Å². The van der Waals surface area contributed by atoms with Gasteiger partial charge in [-0.05, 0) is 23.3 Å². The Kier molecular flexibility index (Phi) is 5.66. The first kappa shape index (κ1) is 18.4. The summed E-state index contributed by atoms with van der Waals surface area (Å²) in [6.07, 6.45) is 2.47. The van der Waals surface area contributed by atoms with Gasteiger partial charge in [-0.2, -0.15) is 0 Å². The molecule has 6 nitrogen and oxygen atoms in total. The summed E-state index contributed by atoms with van der Waals surface area (Å²) in [5.41, 5.74) is 1.84. The third-order valence-corrected chi connectivity index (χ3v) is 4.23. The highest BCUT2D eigenvalue weighted by Crippen LogP contribution is 2.19. The van der Waals surface area contributed by atoms with E-state index in [1.165, 1.54) is 7.11 Å². The molecule has 1 atom stereocenters. The number of rotatable bonds is 7. The topological polar surface area (TPSA) is 72.9 Å². The van der Waals surface area contributed by atoms with Gasteiger partial charge < -0.3 is 9.47 Å². The van der Waals surface area contributed by atoms with Crippen LogP contribution >= 0.6 is 0 Å².